The fourth-order valence-corrected chi connectivity index (χ4v) is 2.44. The summed E-state index contributed by atoms with van der Waals surface area (Å²) in [7, 11) is -3.90. The number of rotatable bonds is 5. The van der Waals surface area contributed by atoms with Crippen molar-refractivity contribution in [1.29, 1.82) is 0 Å². The zero-order chi connectivity index (χ0) is 12.3. The maximum atomic E-state index is 11.5. The minimum Gasteiger partial charge on any atom is -0.245 e. The fraction of sp³-hybridized carbons (Fsp3) is 1.00. The molecule has 0 bridgehead atoms. The van der Waals surface area contributed by atoms with Gasteiger partial charge in [0.05, 0.1) is 11.7 Å². The second kappa shape index (κ2) is 5.27. The van der Waals surface area contributed by atoms with Crippen LogP contribution in [0.2, 0.25) is 0 Å². The first-order valence-corrected chi connectivity index (χ1v) is 6.54. The molecule has 0 saturated heterocycles. The van der Waals surface area contributed by atoms with Crippen molar-refractivity contribution in [2.45, 2.75) is 59.7 Å². The molecule has 0 saturated carbocycles. The Labute approximate surface area is 93.3 Å². The Bertz CT molecular complexity index is 274. The van der Waals surface area contributed by atoms with Crippen LogP contribution in [0.25, 0.3) is 0 Å². The van der Waals surface area contributed by atoms with Crippen LogP contribution in [0.1, 0.15) is 48.0 Å². The molecule has 0 heterocycles. The molecule has 0 N–H and O–H groups in total. The van der Waals surface area contributed by atoms with E-state index in [-0.39, 0.29) is 12.0 Å². The lowest BCUT2D eigenvalue weighted by Crippen LogP contribution is -2.30. The maximum absolute atomic E-state index is 11.5. The molecule has 0 rings (SSSR count). The van der Waals surface area contributed by atoms with Gasteiger partial charge in [0, 0.05) is 0 Å². The molecular weight excluding hydrogens is 216 g/mol. The van der Waals surface area contributed by atoms with Gasteiger partial charge in [0.15, 0.2) is 0 Å². The van der Waals surface area contributed by atoms with Crippen LogP contribution in [0.4, 0.5) is 0 Å². The van der Waals surface area contributed by atoms with E-state index >= 15 is 0 Å². The monoisotopic (exact) mass is 238 g/mol. The minimum absolute atomic E-state index is 0.147. The van der Waals surface area contributed by atoms with Crippen molar-refractivity contribution in [3.8, 4) is 0 Å². The number of hydrogen-bond acceptors (Lipinski definition) is 4. The highest BCUT2D eigenvalue weighted by Gasteiger charge is 2.27. The van der Waals surface area contributed by atoms with Gasteiger partial charge in [-0.15, -0.1) is 0 Å². The SMILES string of the molecule is CCC(OS(=O)(=O)OC(C)(C)C)C(C)C. The topological polar surface area (TPSA) is 52.6 Å². The molecular formula is C10H22O4S. The van der Waals surface area contributed by atoms with Gasteiger partial charge in [-0.3, -0.25) is 0 Å². The predicted molar refractivity (Wildman–Crippen MR) is 59.8 cm³/mol. The van der Waals surface area contributed by atoms with E-state index in [9.17, 15) is 8.42 Å². The molecule has 0 aliphatic rings. The highest BCUT2D eigenvalue weighted by Crippen LogP contribution is 2.18. The third-order valence-corrected chi connectivity index (χ3v) is 2.93. The van der Waals surface area contributed by atoms with Gasteiger partial charge in [-0.2, -0.15) is 8.42 Å². The van der Waals surface area contributed by atoms with E-state index in [4.69, 9.17) is 8.37 Å². The summed E-state index contributed by atoms with van der Waals surface area (Å²) in [5, 5.41) is 0. The minimum atomic E-state index is -3.90. The smallest absolute Gasteiger partial charge is 0.245 e. The van der Waals surface area contributed by atoms with E-state index in [1.807, 2.05) is 20.8 Å². The van der Waals surface area contributed by atoms with Crippen molar-refractivity contribution in [3.05, 3.63) is 0 Å². The zero-order valence-corrected chi connectivity index (χ0v) is 11.2. The highest BCUT2D eigenvalue weighted by atomic mass is 32.3. The average molecular weight is 238 g/mol. The van der Waals surface area contributed by atoms with E-state index in [0.29, 0.717) is 6.42 Å². The standard InChI is InChI=1S/C10H22O4S/c1-7-9(8(2)3)13-15(11,12)14-10(4,5)6/h8-9H,7H2,1-6H3. The lowest BCUT2D eigenvalue weighted by Gasteiger charge is -2.23. The maximum Gasteiger partial charge on any atom is 0.400 e. The molecule has 0 aromatic heterocycles. The third-order valence-electron chi connectivity index (χ3n) is 1.74. The summed E-state index contributed by atoms with van der Waals surface area (Å²) in [6, 6.07) is 0. The van der Waals surface area contributed by atoms with Crippen LogP contribution in [-0.2, 0) is 18.8 Å². The first kappa shape index (κ1) is 14.9. The van der Waals surface area contributed by atoms with Crippen molar-refractivity contribution in [1.82, 2.24) is 0 Å². The van der Waals surface area contributed by atoms with E-state index < -0.39 is 16.0 Å². The zero-order valence-electron chi connectivity index (χ0n) is 10.4. The van der Waals surface area contributed by atoms with Crippen LogP contribution in [0.3, 0.4) is 0 Å². The van der Waals surface area contributed by atoms with Gasteiger partial charge >= 0.3 is 10.4 Å². The van der Waals surface area contributed by atoms with Crippen LogP contribution >= 0.6 is 0 Å². The summed E-state index contributed by atoms with van der Waals surface area (Å²) in [6.45, 7) is 10.7. The molecule has 0 radical (unpaired) electrons. The molecule has 0 fully saturated rings. The quantitative estimate of drug-likeness (QED) is 0.738. The van der Waals surface area contributed by atoms with Crippen molar-refractivity contribution < 1.29 is 16.8 Å². The molecule has 1 unspecified atom stereocenters. The van der Waals surface area contributed by atoms with Crippen LogP contribution in [0, 0.1) is 5.92 Å². The van der Waals surface area contributed by atoms with E-state index in [2.05, 4.69) is 0 Å². The molecule has 1 atom stereocenters. The van der Waals surface area contributed by atoms with E-state index in [1.165, 1.54) is 0 Å². The molecule has 4 nitrogen and oxygen atoms in total. The van der Waals surface area contributed by atoms with Gasteiger partial charge in [0.2, 0.25) is 0 Å². The molecule has 0 aromatic carbocycles. The van der Waals surface area contributed by atoms with Crippen molar-refractivity contribution in [2.75, 3.05) is 0 Å². The molecule has 0 aromatic rings. The second-order valence-corrected chi connectivity index (χ2v) is 6.07. The summed E-state index contributed by atoms with van der Waals surface area (Å²) in [4.78, 5) is 0. The second-order valence-electron chi connectivity index (χ2n) is 4.89. The Morgan fingerprint density at radius 3 is 1.93 bits per heavy atom. The number of hydrogen-bond donors (Lipinski definition) is 0. The lowest BCUT2D eigenvalue weighted by atomic mass is 10.1. The van der Waals surface area contributed by atoms with E-state index in [1.54, 1.807) is 20.8 Å². The average Bonchev–Trinajstić information content (AvgIpc) is 1.94. The van der Waals surface area contributed by atoms with Crippen LogP contribution in [-0.4, -0.2) is 20.1 Å². The summed E-state index contributed by atoms with van der Waals surface area (Å²) in [5.41, 5.74) is -0.756. The van der Waals surface area contributed by atoms with Gasteiger partial charge in [-0.1, -0.05) is 20.8 Å². The Balaban J connectivity index is 4.50. The van der Waals surface area contributed by atoms with Crippen LogP contribution in [0.5, 0.6) is 0 Å². The predicted octanol–water partition coefficient (Wildman–Crippen LogP) is 2.50. The summed E-state index contributed by atoms with van der Waals surface area (Å²) >= 11 is 0. The van der Waals surface area contributed by atoms with Gasteiger partial charge in [0.25, 0.3) is 0 Å². The largest absolute Gasteiger partial charge is 0.400 e. The van der Waals surface area contributed by atoms with Gasteiger partial charge in [-0.05, 0) is 33.1 Å². The summed E-state index contributed by atoms with van der Waals surface area (Å²) in [6.07, 6.45) is 0.321. The molecule has 15 heavy (non-hydrogen) atoms. The van der Waals surface area contributed by atoms with Gasteiger partial charge < -0.3 is 0 Å². The molecule has 0 aliphatic carbocycles. The Morgan fingerprint density at radius 1 is 1.20 bits per heavy atom. The normalized spacial score (nSPS) is 15.7. The van der Waals surface area contributed by atoms with Gasteiger partial charge in [-0.25, -0.2) is 8.37 Å². The highest BCUT2D eigenvalue weighted by molar-refractivity contribution is 7.81. The van der Waals surface area contributed by atoms with Crippen molar-refractivity contribution >= 4 is 10.4 Å². The molecule has 0 spiro atoms. The first-order valence-electron chi connectivity index (χ1n) is 5.21. The third kappa shape index (κ3) is 6.87. The summed E-state index contributed by atoms with van der Waals surface area (Å²) in [5.74, 6) is 0.147. The first-order chi connectivity index (χ1) is 6.57. The fourth-order valence-electron chi connectivity index (χ4n) is 1.13. The van der Waals surface area contributed by atoms with Crippen LogP contribution < -0.4 is 0 Å². The molecule has 0 aliphatic heterocycles. The lowest BCUT2D eigenvalue weighted by molar-refractivity contribution is 0.0689. The Kier molecular flexibility index (Phi) is 5.23. The summed E-state index contributed by atoms with van der Waals surface area (Å²) < 4.78 is 32.8. The van der Waals surface area contributed by atoms with Crippen molar-refractivity contribution in [3.63, 3.8) is 0 Å². The van der Waals surface area contributed by atoms with E-state index in [0.717, 1.165) is 0 Å². The molecule has 0 amide bonds. The Morgan fingerprint density at radius 2 is 1.67 bits per heavy atom. The molecule has 5 heteroatoms. The van der Waals surface area contributed by atoms with Crippen molar-refractivity contribution in [2.24, 2.45) is 5.92 Å². The van der Waals surface area contributed by atoms with Gasteiger partial charge in [0.1, 0.15) is 0 Å². The Hall–Kier alpha value is -0.130. The van der Waals surface area contributed by atoms with Crippen LogP contribution in [0.15, 0.2) is 0 Å². The molecule has 92 valence electrons.